The van der Waals surface area contributed by atoms with Gasteiger partial charge in [-0.05, 0) is 0 Å². The summed E-state index contributed by atoms with van der Waals surface area (Å²) in [5.74, 6) is 0. The van der Waals surface area contributed by atoms with Crippen LogP contribution in [-0.4, -0.2) is 35.0 Å². The van der Waals surface area contributed by atoms with Crippen LogP contribution in [-0.2, 0) is 0 Å². The van der Waals surface area contributed by atoms with E-state index >= 15 is 0 Å². The number of hydrogen-bond acceptors (Lipinski definition) is 2. The molecule has 0 aliphatic carbocycles. The quantitative estimate of drug-likeness (QED) is 0.634. The maximum atomic E-state index is 12.0. The van der Waals surface area contributed by atoms with E-state index < -0.39 is 18.0 Å². The lowest BCUT2D eigenvalue weighted by Crippen LogP contribution is -2.30. The van der Waals surface area contributed by atoms with Gasteiger partial charge in [-0.3, -0.25) is 9.89 Å². The first-order valence-electron chi connectivity index (χ1n) is 3.22. The molecule has 0 aromatic carbocycles. The second-order valence-corrected chi connectivity index (χ2v) is 2.26. The second kappa shape index (κ2) is 3.08. The molecule has 0 saturated heterocycles. The number of carbonyl (C=O) groups is 1. The fourth-order valence-corrected chi connectivity index (χ4v) is 0.740. The van der Waals surface area contributed by atoms with Crippen molar-refractivity contribution in [2.24, 2.45) is 4.99 Å². The number of amides is 1. The first-order chi connectivity index (χ1) is 5.91. The number of allylic oxidation sites excluding steroid dienone is 1. The minimum atomic E-state index is -4.61. The smallest absolute Gasteiger partial charge is 0.434 e. The van der Waals surface area contributed by atoms with Crippen molar-refractivity contribution in [3.8, 4) is 0 Å². The summed E-state index contributed by atoms with van der Waals surface area (Å²) in [4.78, 5) is 13.8. The molecule has 0 unspecified atom stereocenters. The van der Waals surface area contributed by atoms with E-state index in [1.165, 1.54) is 0 Å². The van der Waals surface area contributed by atoms with Crippen LogP contribution >= 0.6 is 0 Å². The van der Waals surface area contributed by atoms with Gasteiger partial charge in [-0.1, -0.05) is 0 Å². The fourth-order valence-electron chi connectivity index (χ4n) is 0.740. The Kier molecular flexibility index (Phi) is 2.26. The van der Waals surface area contributed by atoms with Crippen LogP contribution in [0.2, 0.25) is 0 Å². The third kappa shape index (κ3) is 2.20. The summed E-state index contributed by atoms with van der Waals surface area (Å²) in [6.45, 7) is -0.158. The molecule has 0 saturated carbocycles. The minimum absolute atomic E-state index is 0.158. The molecular formula is C6H5F3N2O2. The Morgan fingerprint density at radius 3 is 2.69 bits per heavy atom. The summed E-state index contributed by atoms with van der Waals surface area (Å²) in [7, 11) is 0. The number of halogens is 3. The summed E-state index contributed by atoms with van der Waals surface area (Å²) in [5, 5.41) is 8.37. The minimum Gasteiger partial charge on any atom is -0.465 e. The van der Waals surface area contributed by atoms with Gasteiger partial charge in [-0.15, -0.1) is 0 Å². The highest BCUT2D eigenvalue weighted by Gasteiger charge is 2.35. The zero-order valence-corrected chi connectivity index (χ0v) is 6.25. The molecule has 1 amide bonds. The molecule has 72 valence electrons. The number of carboxylic acid groups (broad SMARTS) is 1. The molecule has 1 aliphatic heterocycles. The number of rotatable bonds is 0. The number of hydrogen-bond donors (Lipinski definition) is 1. The fraction of sp³-hybridized carbons (Fsp3) is 0.333. The highest BCUT2D eigenvalue weighted by atomic mass is 19.4. The number of alkyl halides is 3. The van der Waals surface area contributed by atoms with Crippen LogP contribution in [0, 0.1) is 0 Å². The molecule has 0 bridgehead atoms. The maximum Gasteiger partial charge on any atom is 0.434 e. The molecule has 13 heavy (non-hydrogen) atoms. The molecule has 0 aromatic heterocycles. The van der Waals surface area contributed by atoms with Gasteiger partial charge in [0.1, 0.15) is 0 Å². The maximum absolute atomic E-state index is 12.0. The average Bonchev–Trinajstić information content (AvgIpc) is 2.03. The van der Waals surface area contributed by atoms with Crippen LogP contribution in [0.4, 0.5) is 18.0 Å². The van der Waals surface area contributed by atoms with Crippen LogP contribution in [0.5, 0.6) is 0 Å². The van der Waals surface area contributed by atoms with Crippen molar-refractivity contribution in [3.63, 3.8) is 0 Å². The molecule has 1 N–H and O–H groups in total. The van der Waals surface area contributed by atoms with E-state index in [1.54, 1.807) is 0 Å². The number of aliphatic imine (C=N–C) groups is 1. The Bertz CT molecular complexity index is 282. The lowest BCUT2D eigenvalue weighted by molar-refractivity contribution is -0.0934. The first kappa shape index (κ1) is 9.56. The molecule has 1 heterocycles. The van der Waals surface area contributed by atoms with Crippen molar-refractivity contribution in [1.82, 2.24) is 4.90 Å². The Balaban J connectivity index is 2.87. The van der Waals surface area contributed by atoms with Gasteiger partial charge >= 0.3 is 12.3 Å². The molecule has 0 aromatic rings. The lowest BCUT2D eigenvalue weighted by atomic mass is 10.4. The highest BCUT2D eigenvalue weighted by molar-refractivity contribution is 5.74. The van der Waals surface area contributed by atoms with Gasteiger partial charge in [0.2, 0.25) is 0 Å². The van der Waals surface area contributed by atoms with Gasteiger partial charge in [0.05, 0.1) is 6.54 Å². The molecule has 0 spiro atoms. The van der Waals surface area contributed by atoms with E-state index in [4.69, 9.17) is 5.11 Å². The molecule has 1 rings (SSSR count). The van der Waals surface area contributed by atoms with Gasteiger partial charge < -0.3 is 5.11 Å². The third-order valence-electron chi connectivity index (χ3n) is 1.32. The summed E-state index contributed by atoms with van der Waals surface area (Å²) in [6, 6.07) is 0. The predicted molar refractivity (Wildman–Crippen MR) is 37.4 cm³/mol. The summed E-state index contributed by atoms with van der Waals surface area (Å²) in [6.07, 6.45) is -4.68. The highest BCUT2D eigenvalue weighted by Crippen LogP contribution is 2.27. The van der Waals surface area contributed by atoms with E-state index in [9.17, 15) is 18.0 Å². The summed E-state index contributed by atoms with van der Waals surface area (Å²) in [5.41, 5.74) is -1.21. The zero-order chi connectivity index (χ0) is 10.1. The summed E-state index contributed by atoms with van der Waals surface area (Å²) >= 11 is 0. The molecule has 0 fully saturated rings. The topological polar surface area (TPSA) is 52.9 Å². The van der Waals surface area contributed by atoms with Crippen molar-refractivity contribution in [2.75, 3.05) is 6.54 Å². The van der Waals surface area contributed by atoms with Gasteiger partial charge in [0.25, 0.3) is 0 Å². The Labute approximate surface area is 71.0 Å². The van der Waals surface area contributed by atoms with E-state index in [0.29, 0.717) is 11.1 Å². The van der Waals surface area contributed by atoms with E-state index in [2.05, 4.69) is 4.99 Å². The van der Waals surface area contributed by atoms with Gasteiger partial charge in [0, 0.05) is 12.4 Å². The van der Waals surface area contributed by atoms with Crippen molar-refractivity contribution in [1.29, 1.82) is 0 Å². The Morgan fingerprint density at radius 1 is 1.62 bits per heavy atom. The van der Waals surface area contributed by atoms with Gasteiger partial charge in [0.15, 0.2) is 5.70 Å². The average molecular weight is 194 g/mol. The lowest BCUT2D eigenvalue weighted by Gasteiger charge is -2.18. The molecule has 1 aliphatic rings. The standard InChI is InChI=1S/C6H5F3N2O2/c7-6(8,9)4-3-11(5(12)13)2-1-10-4/h1,3H,2H2,(H,12,13). The van der Waals surface area contributed by atoms with Crippen LogP contribution in [0.15, 0.2) is 16.9 Å². The second-order valence-electron chi connectivity index (χ2n) is 2.26. The molecule has 0 atom stereocenters. The van der Waals surface area contributed by atoms with Gasteiger partial charge in [-0.25, -0.2) is 4.79 Å². The first-order valence-corrected chi connectivity index (χ1v) is 3.22. The normalized spacial score (nSPS) is 17.2. The SMILES string of the molecule is O=C(O)N1C=C(C(F)(F)F)N=CC1. The van der Waals surface area contributed by atoms with Crippen molar-refractivity contribution < 1.29 is 23.1 Å². The van der Waals surface area contributed by atoms with Crippen molar-refractivity contribution >= 4 is 12.3 Å². The van der Waals surface area contributed by atoms with Crippen LogP contribution < -0.4 is 0 Å². The van der Waals surface area contributed by atoms with Crippen LogP contribution in [0.3, 0.4) is 0 Å². The number of nitrogens with zero attached hydrogens (tertiary/aromatic N) is 2. The molecular weight excluding hydrogens is 189 g/mol. The van der Waals surface area contributed by atoms with Gasteiger partial charge in [-0.2, -0.15) is 13.2 Å². The molecule has 0 radical (unpaired) electrons. The van der Waals surface area contributed by atoms with Crippen molar-refractivity contribution in [3.05, 3.63) is 11.9 Å². The molecule has 4 nitrogen and oxygen atoms in total. The van der Waals surface area contributed by atoms with E-state index in [0.717, 1.165) is 6.21 Å². The Hall–Kier alpha value is -1.53. The summed E-state index contributed by atoms with van der Waals surface area (Å²) < 4.78 is 35.9. The van der Waals surface area contributed by atoms with E-state index in [-0.39, 0.29) is 6.54 Å². The largest absolute Gasteiger partial charge is 0.465 e. The molecule has 7 heteroatoms. The monoisotopic (exact) mass is 194 g/mol. The Morgan fingerprint density at radius 2 is 2.23 bits per heavy atom. The van der Waals surface area contributed by atoms with Crippen LogP contribution in [0.1, 0.15) is 0 Å². The zero-order valence-electron chi connectivity index (χ0n) is 6.25. The van der Waals surface area contributed by atoms with Crippen LogP contribution in [0.25, 0.3) is 0 Å². The van der Waals surface area contributed by atoms with Crippen molar-refractivity contribution in [2.45, 2.75) is 6.18 Å². The predicted octanol–water partition coefficient (Wildman–Crippen LogP) is 1.45. The third-order valence-corrected chi connectivity index (χ3v) is 1.32. The van der Waals surface area contributed by atoms with E-state index in [1.807, 2.05) is 0 Å².